The molecule has 10 heteroatoms. The summed E-state index contributed by atoms with van der Waals surface area (Å²) in [6.45, 7) is 3.61. The van der Waals surface area contributed by atoms with Gasteiger partial charge in [0.2, 0.25) is 0 Å². The fourth-order valence-electron chi connectivity index (χ4n) is 11.5. The van der Waals surface area contributed by atoms with Gasteiger partial charge in [-0.3, -0.25) is 18.6 Å². The van der Waals surface area contributed by atoms with Gasteiger partial charge in [-0.05, 0) is 103 Å². The third-order valence-corrected chi connectivity index (χ3v) is 18.5. The number of rotatable bonds is 76. The van der Waals surface area contributed by atoms with Gasteiger partial charge in [0.25, 0.3) is 0 Å². The Bertz CT molecular complexity index is 2130. The van der Waals surface area contributed by atoms with Gasteiger partial charge in [0, 0.05) is 19.4 Å². The Morgan fingerprint density at radius 2 is 0.561 bits per heavy atom. The van der Waals surface area contributed by atoms with Gasteiger partial charge in [-0.1, -0.05) is 397 Å². The Morgan fingerprint density at radius 3 is 0.837 bits per heavy atom. The molecular weight excluding hydrogens is 1230 g/mol. The molecule has 0 aromatic rings. The molecule has 2 atom stereocenters. The van der Waals surface area contributed by atoms with Crippen LogP contribution in [0.5, 0.6) is 0 Å². The second kappa shape index (κ2) is 81.9. The van der Waals surface area contributed by atoms with Crippen LogP contribution in [0.25, 0.3) is 0 Å². The van der Waals surface area contributed by atoms with E-state index in [4.69, 9.17) is 24.3 Å². The minimum Gasteiger partial charge on any atom is -0.462 e. The Hall–Kier alpha value is -4.11. The minimum absolute atomic E-state index is 0.0403. The fraction of sp³-hybridized carbons (Fsp3) is 0.705. The summed E-state index contributed by atoms with van der Waals surface area (Å²) in [6, 6.07) is 0. The maximum absolute atomic E-state index is 12.8. The molecule has 9 nitrogen and oxygen atoms in total. The Kier molecular flexibility index (Phi) is 78.4. The summed E-state index contributed by atoms with van der Waals surface area (Å²) in [4.78, 5) is 35.4. The van der Waals surface area contributed by atoms with Crippen molar-refractivity contribution < 1.29 is 37.6 Å². The molecule has 0 aromatic heterocycles. The molecule has 0 aliphatic rings. The number of allylic oxidation sites excluding steroid dienone is 24. The van der Waals surface area contributed by atoms with E-state index < -0.39 is 32.5 Å². The average Bonchev–Trinajstić information content (AvgIpc) is 1.28. The second-order valence-electron chi connectivity index (χ2n) is 26.9. The number of phosphoric ester groups is 1. The van der Waals surface area contributed by atoms with Crippen LogP contribution in [-0.4, -0.2) is 49.3 Å². The number of carbonyl (C=O) groups is 2. The zero-order chi connectivity index (χ0) is 70.8. The molecule has 3 N–H and O–H groups in total. The molecular formula is C88H152NO8P. The molecule has 0 saturated heterocycles. The van der Waals surface area contributed by atoms with Gasteiger partial charge < -0.3 is 20.1 Å². The van der Waals surface area contributed by atoms with E-state index in [-0.39, 0.29) is 32.6 Å². The first-order valence-corrected chi connectivity index (χ1v) is 42.3. The first kappa shape index (κ1) is 93.9. The van der Waals surface area contributed by atoms with Crippen molar-refractivity contribution in [1.82, 2.24) is 0 Å². The monoisotopic (exact) mass is 1380 g/mol. The first-order valence-electron chi connectivity index (χ1n) is 40.8. The molecule has 0 rings (SSSR count). The van der Waals surface area contributed by atoms with E-state index in [1.165, 1.54) is 225 Å². The minimum atomic E-state index is -4.42. The van der Waals surface area contributed by atoms with E-state index in [0.29, 0.717) is 6.42 Å². The van der Waals surface area contributed by atoms with Crippen LogP contribution in [0.4, 0.5) is 0 Å². The molecule has 0 aliphatic heterocycles. The lowest BCUT2D eigenvalue weighted by Crippen LogP contribution is -2.29. The summed E-state index contributed by atoms with van der Waals surface area (Å²) in [5, 5.41) is 0. The van der Waals surface area contributed by atoms with Gasteiger partial charge in [0.1, 0.15) is 6.61 Å². The van der Waals surface area contributed by atoms with Gasteiger partial charge in [0.05, 0.1) is 13.2 Å². The quantitative estimate of drug-likeness (QED) is 0.0264. The number of unbranched alkanes of at least 4 members (excludes halogenated alkanes) is 39. The topological polar surface area (TPSA) is 134 Å². The highest BCUT2D eigenvalue weighted by molar-refractivity contribution is 7.47. The van der Waals surface area contributed by atoms with Crippen LogP contribution >= 0.6 is 7.82 Å². The van der Waals surface area contributed by atoms with Crippen LogP contribution in [-0.2, 0) is 32.7 Å². The molecule has 0 spiro atoms. The van der Waals surface area contributed by atoms with Crippen molar-refractivity contribution >= 4 is 19.8 Å². The van der Waals surface area contributed by atoms with Crippen molar-refractivity contribution in [3.05, 3.63) is 146 Å². The Labute approximate surface area is 605 Å². The zero-order valence-corrected chi connectivity index (χ0v) is 64.4. The molecule has 0 heterocycles. The van der Waals surface area contributed by atoms with Crippen LogP contribution in [0.1, 0.15) is 367 Å². The molecule has 0 saturated carbocycles. The predicted octanol–water partition coefficient (Wildman–Crippen LogP) is 27.7. The summed E-state index contributed by atoms with van der Waals surface area (Å²) in [5.74, 6) is -0.875. The third-order valence-electron chi connectivity index (χ3n) is 17.5. The molecule has 0 aromatic carbocycles. The van der Waals surface area contributed by atoms with Crippen molar-refractivity contribution in [2.75, 3.05) is 26.4 Å². The largest absolute Gasteiger partial charge is 0.472 e. The maximum atomic E-state index is 12.8. The average molecular weight is 1380 g/mol. The molecule has 0 radical (unpaired) electrons. The molecule has 0 fully saturated rings. The van der Waals surface area contributed by atoms with E-state index >= 15 is 0 Å². The summed E-state index contributed by atoms with van der Waals surface area (Å²) in [6.07, 6.45) is 119. The maximum Gasteiger partial charge on any atom is 0.472 e. The van der Waals surface area contributed by atoms with Gasteiger partial charge in [0.15, 0.2) is 6.10 Å². The summed E-state index contributed by atoms with van der Waals surface area (Å²) in [5.41, 5.74) is 5.41. The van der Waals surface area contributed by atoms with Crippen molar-refractivity contribution in [3.8, 4) is 0 Å². The summed E-state index contributed by atoms with van der Waals surface area (Å²) >= 11 is 0. The summed E-state index contributed by atoms with van der Waals surface area (Å²) in [7, 11) is -4.42. The van der Waals surface area contributed by atoms with E-state index in [1.807, 2.05) is 0 Å². The van der Waals surface area contributed by atoms with Gasteiger partial charge in [-0.25, -0.2) is 4.57 Å². The lowest BCUT2D eigenvalue weighted by Gasteiger charge is -2.19. The number of ether oxygens (including phenoxy) is 2. The lowest BCUT2D eigenvalue weighted by molar-refractivity contribution is -0.161. The number of carbonyl (C=O) groups excluding carboxylic acids is 2. The van der Waals surface area contributed by atoms with Crippen molar-refractivity contribution in [3.63, 3.8) is 0 Å². The van der Waals surface area contributed by atoms with Crippen LogP contribution in [0.3, 0.4) is 0 Å². The molecule has 2 unspecified atom stereocenters. The van der Waals surface area contributed by atoms with Crippen LogP contribution in [0, 0.1) is 0 Å². The van der Waals surface area contributed by atoms with Gasteiger partial charge >= 0.3 is 19.8 Å². The van der Waals surface area contributed by atoms with Gasteiger partial charge in [-0.15, -0.1) is 0 Å². The highest BCUT2D eigenvalue weighted by atomic mass is 31.2. The van der Waals surface area contributed by atoms with Crippen molar-refractivity contribution in [2.24, 2.45) is 5.73 Å². The molecule has 0 aliphatic carbocycles. The Balaban J connectivity index is 3.91. The summed E-state index contributed by atoms with van der Waals surface area (Å²) < 4.78 is 33.2. The fourth-order valence-corrected chi connectivity index (χ4v) is 12.3. The van der Waals surface area contributed by atoms with E-state index in [2.05, 4.69) is 160 Å². The third kappa shape index (κ3) is 80.9. The second-order valence-corrected chi connectivity index (χ2v) is 28.4. The van der Waals surface area contributed by atoms with E-state index in [0.717, 1.165) is 109 Å². The van der Waals surface area contributed by atoms with Crippen molar-refractivity contribution in [1.29, 1.82) is 0 Å². The highest BCUT2D eigenvalue weighted by Gasteiger charge is 2.26. The number of esters is 2. The van der Waals surface area contributed by atoms with Crippen LogP contribution in [0.2, 0.25) is 0 Å². The number of hydrogen-bond donors (Lipinski definition) is 2. The molecule has 562 valence electrons. The molecule has 0 bridgehead atoms. The number of phosphoric acid groups is 1. The normalized spacial score (nSPS) is 13.6. The SMILES string of the molecule is CC/C=C\C/C=C\C/C=C\C/C=C\C/C=C\C/C=C\C/C=C\C/C=C\C/C=C\C/C=C\C/C=C\C/C=C\CCCCC(=O)OC(COC(=O)CCCCCCCCCCCCCCCCCCCCCCCCCCCCCCCCCCCCCCCC)COP(=O)(O)OCCN. The lowest BCUT2D eigenvalue weighted by atomic mass is 10.0. The van der Waals surface area contributed by atoms with Crippen LogP contribution < -0.4 is 5.73 Å². The van der Waals surface area contributed by atoms with E-state index in [9.17, 15) is 19.0 Å². The Morgan fingerprint density at radius 1 is 0.316 bits per heavy atom. The van der Waals surface area contributed by atoms with Crippen molar-refractivity contribution in [2.45, 2.75) is 373 Å². The predicted molar refractivity (Wildman–Crippen MR) is 427 cm³/mol. The number of hydrogen-bond acceptors (Lipinski definition) is 8. The standard InChI is InChI=1S/C88H152NO8P/c1-3-5-7-9-11-13-15-17-19-21-23-25-27-29-31-33-35-37-39-41-43-45-47-49-51-53-55-57-59-61-63-65-67-69-71-73-75-77-79-81-88(91)97-86(85-96-98(92,93)95-83-82-89)84-94-87(90)80-78-76-74-72-70-68-66-64-62-60-58-56-54-52-50-48-46-44-42-40-38-36-34-32-30-28-26-24-22-20-18-16-14-12-10-8-6-4-2/h5,7,11,13,17,19,23,25,29,31,35,37,41,43,47,49,53,55,59,61,65,67,71,73,86H,3-4,6,8-10,12,14-16,18,20-22,24,26-28,30,32-34,36,38-40,42,44-46,48,50-52,54,56-58,60,62-64,66,68-70,72,74-85,89H2,1-2H3,(H,92,93)/b7-5-,13-11-,19-17-,25-23-,31-29-,37-35-,43-41-,49-47-,55-53-,61-59-,67-65-,73-71-. The molecule has 0 amide bonds. The molecule has 98 heavy (non-hydrogen) atoms. The van der Waals surface area contributed by atoms with E-state index in [1.54, 1.807) is 0 Å². The highest BCUT2D eigenvalue weighted by Crippen LogP contribution is 2.43. The zero-order valence-electron chi connectivity index (χ0n) is 63.5. The first-order chi connectivity index (χ1) is 48.3. The van der Waals surface area contributed by atoms with Gasteiger partial charge in [-0.2, -0.15) is 0 Å². The smallest absolute Gasteiger partial charge is 0.462 e. The number of nitrogens with two attached hydrogens (primary N) is 1. The van der Waals surface area contributed by atoms with Crippen LogP contribution in [0.15, 0.2) is 146 Å².